The van der Waals surface area contributed by atoms with E-state index in [-0.39, 0.29) is 17.3 Å². The van der Waals surface area contributed by atoms with Crippen LogP contribution in [0, 0.1) is 24.2 Å². The Morgan fingerprint density at radius 2 is 2.16 bits per heavy atom. The van der Waals surface area contributed by atoms with Gasteiger partial charge in [0.15, 0.2) is 5.78 Å². The normalized spacial score (nSPS) is 16.9. The molecule has 0 saturated heterocycles. The maximum absolute atomic E-state index is 12.3. The summed E-state index contributed by atoms with van der Waals surface area (Å²) < 4.78 is 0. The van der Waals surface area contributed by atoms with Crippen LogP contribution in [0.25, 0.3) is 6.08 Å². The second-order valence-corrected chi connectivity index (χ2v) is 5.10. The van der Waals surface area contributed by atoms with Crippen molar-refractivity contribution in [3.8, 4) is 6.07 Å². The summed E-state index contributed by atoms with van der Waals surface area (Å²) in [6, 6.07) is 5.76. The lowest BCUT2D eigenvalue weighted by Gasteiger charge is -2.19. The van der Waals surface area contributed by atoms with Gasteiger partial charge < -0.3 is 0 Å². The molecule has 1 heterocycles. The molecule has 0 unspecified atom stereocenters. The summed E-state index contributed by atoms with van der Waals surface area (Å²) >= 11 is 0. The molecule has 1 fully saturated rings. The van der Waals surface area contributed by atoms with Crippen molar-refractivity contribution in [2.45, 2.75) is 39.0 Å². The number of rotatable bonds is 3. The van der Waals surface area contributed by atoms with Gasteiger partial charge in [-0.1, -0.05) is 19.3 Å². The fraction of sp³-hybridized carbons (Fsp3) is 0.438. The van der Waals surface area contributed by atoms with E-state index < -0.39 is 0 Å². The topological polar surface area (TPSA) is 53.8 Å². The molecule has 0 bridgehead atoms. The molecule has 0 radical (unpaired) electrons. The van der Waals surface area contributed by atoms with Gasteiger partial charge in [0.1, 0.15) is 6.07 Å². The molecule has 0 spiro atoms. The lowest BCUT2D eigenvalue weighted by Crippen LogP contribution is -2.18. The third-order valence-corrected chi connectivity index (χ3v) is 3.59. The van der Waals surface area contributed by atoms with Gasteiger partial charge in [-0.2, -0.15) is 5.26 Å². The largest absolute Gasteiger partial charge is 0.293 e. The third-order valence-electron chi connectivity index (χ3n) is 3.59. The number of hydrogen-bond donors (Lipinski definition) is 0. The number of carbonyl (C=O) groups is 1. The van der Waals surface area contributed by atoms with Gasteiger partial charge >= 0.3 is 0 Å². The van der Waals surface area contributed by atoms with E-state index in [1.165, 1.54) is 6.42 Å². The molecule has 2 rings (SSSR count). The molecule has 1 aromatic heterocycles. The first-order valence-electron chi connectivity index (χ1n) is 6.79. The average Bonchev–Trinajstić information content (AvgIpc) is 2.45. The minimum atomic E-state index is 0.0108. The number of aryl methyl sites for hydroxylation is 1. The van der Waals surface area contributed by atoms with Crippen LogP contribution in [0.5, 0.6) is 0 Å². The van der Waals surface area contributed by atoms with Crippen molar-refractivity contribution in [3.05, 3.63) is 35.2 Å². The van der Waals surface area contributed by atoms with Crippen LogP contribution >= 0.6 is 0 Å². The molecule has 3 heteroatoms. The molecule has 0 atom stereocenters. The molecule has 1 aliphatic rings. The van der Waals surface area contributed by atoms with Gasteiger partial charge in [-0.3, -0.25) is 9.78 Å². The molecule has 0 aliphatic heterocycles. The summed E-state index contributed by atoms with van der Waals surface area (Å²) in [6.07, 6.45) is 8.64. The van der Waals surface area contributed by atoms with Crippen molar-refractivity contribution >= 4 is 11.9 Å². The van der Waals surface area contributed by atoms with Crippen LogP contribution in [-0.2, 0) is 4.79 Å². The average molecular weight is 254 g/mol. The van der Waals surface area contributed by atoms with Crippen molar-refractivity contribution in [1.29, 1.82) is 5.26 Å². The van der Waals surface area contributed by atoms with Crippen LogP contribution in [0.2, 0.25) is 0 Å². The number of pyridine rings is 1. The Balaban J connectivity index is 2.19. The Labute approximate surface area is 114 Å². The Bertz CT molecular complexity index is 534. The van der Waals surface area contributed by atoms with Crippen LogP contribution in [0.4, 0.5) is 0 Å². The molecule has 1 aromatic rings. The first-order valence-corrected chi connectivity index (χ1v) is 6.79. The van der Waals surface area contributed by atoms with Crippen LogP contribution in [0.15, 0.2) is 23.9 Å². The highest BCUT2D eigenvalue weighted by atomic mass is 16.1. The molecule has 19 heavy (non-hydrogen) atoms. The van der Waals surface area contributed by atoms with Gasteiger partial charge in [-0.05, 0) is 43.5 Å². The Hall–Kier alpha value is -1.95. The van der Waals surface area contributed by atoms with Gasteiger partial charge in [0, 0.05) is 17.8 Å². The van der Waals surface area contributed by atoms with Crippen LogP contribution in [0.1, 0.15) is 43.4 Å². The first kappa shape index (κ1) is 13.5. The second kappa shape index (κ2) is 6.29. The quantitative estimate of drug-likeness (QED) is 0.613. The van der Waals surface area contributed by atoms with Crippen molar-refractivity contribution in [3.63, 3.8) is 0 Å². The Kier molecular flexibility index (Phi) is 4.46. The van der Waals surface area contributed by atoms with E-state index in [1.54, 1.807) is 12.3 Å². The number of Topliss-reactive ketones (excluding diaryl/α,β-unsaturated/α-hetero) is 1. The maximum atomic E-state index is 12.3. The molecule has 98 valence electrons. The molecule has 3 nitrogen and oxygen atoms in total. The number of hydrogen-bond acceptors (Lipinski definition) is 3. The molecule has 0 N–H and O–H groups in total. The fourth-order valence-corrected chi connectivity index (χ4v) is 2.57. The Morgan fingerprint density at radius 3 is 2.79 bits per heavy atom. The SMILES string of the molecule is Cc1cc(C=C(C#N)C(=O)C2CCCCC2)ccn1. The second-order valence-electron chi connectivity index (χ2n) is 5.10. The molecule has 0 aromatic carbocycles. The number of allylic oxidation sites excluding steroid dienone is 1. The summed E-state index contributed by atoms with van der Waals surface area (Å²) in [5.74, 6) is 0.0549. The molecule has 0 amide bonds. The molecule has 1 saturated carbocycles. The maximum Gasteiger partial charge on any atom is 0.176 e. The van der Waals surface area contributed by atoms with Gasteiger partial charge in [-0.15, -0.1) is 0 Å². The van der Waals surface area contributed by atoms with Crippen molar-refractivity contribution in [1.82, 2.24) is 4.98 Å². The van der Waals surface area contributed by atoms with E-state index in [2.05, 4.69) is 11.1 Å². The van der Waals surface area contributed by atoms with Gasteiger partial charge in [0.25, 0.3) is 0 Å². The van der Waals surface area contributed by atoms with Crippen molar-refractivity contribution < 1.29 is 4.79 Å². The summed E-state index contributed by atoms with van der Waals surface area (Å²) in [5, 5.41) is 9.20. The smallest absolute Gasteiger partial charge is 0.176 e. The highest BCUT2D eigenvalue weighted by molar-refractivity contribution is 6.04. The van der Waals surface area contributed by atoms with E-state index in [0.29, 0.717) is 0 Å². The third kappa shape index (κ3) is 3.51. The Morgan fingerprint density at radius 1 is 1.42 bits per heavy atom. The minimum Gasteiger partial charge on any atom is -0.293 e. The predicted molar refractivity (Wildman–Crippen MR) is 74.1 cm³/mol. The highest BCUT2D eigenvalue weighted by Crippen LogP contribution is 2.27. The lowest BCUT2D eigenvalue weighted by molar-refractivity contribution is -0.119. The summed E-state index contributed by atoms with van der Waals surface area (Å²) in [6.45, 7) is 1.90. The molecule has 1 aliphatic carbocycles. The van der Waals surface area contributed by atoms with E-state index in [4.69, 9.17) is 0 Å². The van der Waals surface area contributed by atoms with Gasteiger partial charge in [0.2, 0.25) is 0 Å². The van der Waals surface area contributed by atoms with Gasteiger partial charge in [0.05, 0.1) is 5.57 Å². The lowest BCUT2D eigenvalue weighted by atomic mass is 9.83. The summed E-state index contributed by atoms with van der Waals surface area (Å²) in [5.41, 5.74) is 2.03. The van der Waals surface area contributed by atoms with Crippen LogP contribution in [0.3, 0.4) is 0 Å². The number of ketones is 1. The standard InChI is InChI=1S/C16H18N2O/c1-12-9-13(7-8-18-12)10-15(11-17)16(19)14-5-3-2-4-6-14/h7-10,14H,2-6H2,1H3. The van der Waals surface area contributed by atoms with Crippen LogP contribution < -0.4 is 0 Å². The van der Waals surface area contributed by atoms with Crippen LogP contribution in [-0.4, -0.2) is 10.8 Å². The van der Waals surface area contributed by atoms with E-state index in [0.717, 1.165) is 36.9 Å². The first-order chi connectivity index (χ1) is 9.20. The predicted octanol–water partition coefficient (Wildman–Crippen LogP) is 3.45. The zero-order chi connectivity index (χ0) is 13.7. The van der Waals surface area contributed by atoms with E-state index >= 15 is 0 Å². The molecular weight excluding hydrogens is 236 g/mol. The number of aromatic nitrogens is 1. The fourth-order valence-electron chi connectivity index (χ4n) is 2.57. The van der Waals surface area contributed by atoms with E-state index in [1.807, 2.05) is 19.1 Å². The zero-order valence-corrected chi connectivity index (χ0v) is 11.2. The summed E-state index contributed by atoms with van der Waals surface area (Å²) in [4.78, 5) is 16.4. The monoisotopic (exact) mass is 254 g/mol. The highest BCUT2D eigenvalue weighted by Gasteiger charge is 2.23. The minimum absolute atomic E-state index is 0.0108. The number of nitrogens with zero attached hydrogens (tertiary/aromatic N) is 2. The van der Waals surface area contributed by atoms with Crippen molar-refractivity contribution in [2.24, 2.45) is 5.92 Å². The number of nitriles is 1. The van der Waals surface area contributed by atoms with E-state index in [9.17, 15) is 10.1 Å². The number of carbonyl (C=O) groups excluding carboxylic acids is 1. The molecular formula is C16H18N2O. The summed E-state index contributed by atoms with van der Waals surface area (Å²) in [7, 11) is 0. The van der Waals surface area contributed by atoms with Gasteiger partial charge in [-0.25, -0.2) is 0 Å². The van der Waals surface area contributed by atoms with Crippen molar-refractivity contribution in [2.75, 3.05) is 0 Å². The zero-order valence-electron chi connectivity index (χ0n) is 11.2.